The molecule has 8 rings (SSSR count). The highest BCUT2D eigenvalue weighted by Crippen LogP contribution is 2.26. The summed E-state index contributed by atoms with van der Waals surface area (Å²) >= 11 is 0. The van der Waals surface area contributed by atoms with Gasteiger partial charge in [0.2, 0.25) is 17.7 Å². The van der Waals surface area contributed by atoms with E-state index in [1.54, 1.807) is 113 Å². The largest absolute Gasteiger partial charge is 0.529 e. The number of ether oxygens (including phenoxy) is 3. The number of benzene rings is 8. The molecule has 8 aromatic rings. The van der Waals surface area contributed by atoms with Crippen LogP contribution >= 0.6 is 0 Å². The van der Waals surface area contributed by atoms with Gasteiger partial charge >= 0.3 is 70.4 Å². The molecule has 0 fully saturated rings. The molecule has 118 heavy (non-hydrogen) atoms. The Kier molecular flexibility index (Phi) is 40.9. The van der Waals surface area contributed by atoms with Crippen molar-refractivity contribution in [3.63, 3.8) is 0 Å². The first-order valence-corrected chi connectivity index (χ1v) is 49.5. The maximum Gasteiger partial charge on any atom is 0.529 e. The van der Waals surface area contributed by atoms with Gasteiger partial charge in [-0.1, -0.05) is 127 Å². The van der Waals surface area contributed by atoms with E-state index in [4.69, 9.17) is 129 Å². The molecular weight excluding hydrogens is 1670 g/mol. The molecule has 0 aromatic heterocycles. The van der Waals surface area contributed by atoms with Crippen LogP contribution in [0, 0.1) is 16.2 Å². The minimum atomic E-state index is -3.51. The number of anilines is 5. The van der Waals surface area contributed by atoms with Crippen LogP contribution in [0.5, 0.6) is 0 Å². The predicted molar refractivity (Wildman–Crippen MR) is 464 cm³/mol. The fourth-order valence-corrected chi connectivity index (χ4v) is 36.3. The van der Waals surface area contributed by atoms with Gasteiger partial charge in [0.1, 0.15) is 19.8 Å². The summed E-state index contributed by atoms with van der Waals surface area (Å²) in [5, 5.41) is 34.8. The molecular formula is C76H108N8O26Si8. The minimum absolute atomic E-state index is 0.161. The van der Waals surface area contributed by atoms with Crippen LogP contribution in [0.4, 0.5) is 28.4 Å². The average molecular weight is 1770 g/mol. The second-order valence-electron chi connectivity index (χ2n) is 24.5. The summed E-state index contributed by atoms with van der Waals surface area (Å²) < 4.78 is 133. The third-order valence-corrected chi connectivity index (χ3v) is 42.9. The number of rotatable bonds is 44. The maximum atomic E-state index is 11.5. The Morgan fingerprint density at radius 3 is 0.729 bits per heavy atom. The monoisotopic (exact) mass is 1770 g/mol. The highest BCUT2D eigenvalue weighted by molar-refractivity contribution is 6.90. The molecule has 0 saturated heterocycles. The normalized spacial score (nSPS) is 11.9. The first-order valence-electron chi connectivity index (χ1n) is 35.7. The summed E-state index contributed by atoms with van der Waals surface area (Å²) in [4.78, 5) is 34.2. The quantitative estimate of drug-likeness (QED) is 0.0112. The van der Waals surface area contributed by atoms with Crippen LogP contribution in [0.3, 0.4) is 0 Å². The van der Waals surface area contributed by atoms with Gasteiger partial charge in [-0.15, -0.1) is 0 Å². The van der Waals surface area contributed by atoms with Crippen molar-refractivity contribution >= 4 is 177 Å². The van der Waals surface area contributed by atoms with Gasteiger partial charge < -0.3 is 129 Å². The van der Waals surface area contributed by atoms with Gasteiger partial charge in [0, 0.05) is 204 Å². The van der Waals surface area contributed by atoms with E-state index in [2.05, 4.69) is 16.0 Å². The van der Waals surface area contributed by atoms with Crippen molar-refractivity contribution in [1.82, 2.24) is 0 Å². The molecule has 3 amide bonds. The lowest BCUT2D eigenvalue weighted by Crippen LogP contribution is -2.68. The number of hydrogen-bond acceptors (Lipinski definition) is 31. The summed E-state index contributed by atoms with van der Waals surface area (Å²) in [7, 11) is -3.09. The Balaban J connectivity index is 0.000000281. The molecule has 34 nitrogen and oxygen atoms in total. The second-order valence-corrected chi connectivity index (χ2v) is 47.8. The molecule has 0 radical (unpaired) electrons. The van der Waals surface area contributed by atoms with Crippen molar-refractivity contribution in [1.29, 1.82) is 16.2 Å². The fourth-order valence-electron chi connectivity index (χ4n) is 11.6. The van der Waals surface area contributed by atoms with Gasteiger partial charge in [-0.25, -0.2) is 0 Å². The van der Waals surface area contributed by atoms with Crippen molar-refractivity contribution in [3.8, 4) is 0 Å². The molecule has 10 N–H and O–H groups in total. The lowest BCUT2D eigenvalue weighted by molar-refractivity contribution is -0.115. The first-order chi connectivity index (χ1) is 56.6. The molecule has 0 aliphatic heterocycles. The summed E-state index contributed by atoms with van der Waals surface area (Å²) in [6.45, 7) is 5.11. The lowest BCUT2D eigenvalue weighted by Gasteiger charge is -2.36. The number of carbonyl (C=O) groups is 3. The van der Waals surface area contributed by atoms with Crippen molar-refractivity contribution in [2.45, 2.75) is 40.6 Å². The van der Waals surface area contributed by atoms with Crippen LogP contribution in [0.2, 0.25) is 0 Å². The summed E-state index contributed by atoms with van der Waals surface area (Å²) in [5.41, 5.74) is 17.3. The number of nitrogens with two attached hydrogens (primary N) is 2. The highest BCUT2D eigenvalue weighted by Gasteiger charge is 2.59. The Bertz CT molecular complexity index is 4340. The zero-order valence-electron chi connectivity index (χ0n) is 69.6. The van der Waals surface area contributed by atoms with Crippen LogP contribution < -0.4 is 68.9 Å². The SMILES string of the molecule is CO[Si](OC)(O[Si](OC)(OC)c1ccc(N)cc1)c1ccc(N)cc1.CO[Si](OC)(O[Si](OC)(OC)c1ccc(NC(C)=O)cc1)c1ccc(COC=N)cc1.CO[Si](OC)(O[Si](OC)(OC)c1cccc(NC(C)=O)c1)c1ccc(COC=N)cc1.CO[Si](OC)(O[Si](OC)(OC)c1cccc(NC(C)=O)c1)c1cccc(COC=N)c1. The van der Waals surface area contributed by atoms with Crippen molar-refractivity contribution < 1.29 is 116 Å². The molecule has 640 valence electrons. The van der Waals surface area contributed by atoms with E-state index in [1.165, 1.54) is 106 Å². The third kappa shape index (κ3) is 26.1. The number of nitrogen functional groups attached to an aromatic ring is 2. The predicted octanol–water partition coefficient (Wildman–Crippen LogP) is 4.53. The summed E-state index contributed by atoms with van der Waals surface area (Å²) in [6.07, 6.45) is 2.68. The van der Waals surface area contributed by atoms with Crippen LogP contribution in [-0.4, -0.2) is 221 Å². The molecule has 0 bridgehead atoms. The summed E-state index contributed by atoms with van der Waals surface area (Å²) in [5.74, 6) is -0.544. The number of carbonyl (C=O) groups excluding carboxylic acids is 3. The standard InChI is InChI=1S/3C20H28N2O7Si2.C16H24N2O5Si2/c1-16(23)22-18-8-12-20(13-9-18)31(26-4,27-5)29-30(24-2,25-3)19-10-6-17(7-11-19)14-28-15-21;1-16(23)22-18-9-7-11-20(13-18)31(26-4,27-5)29-30(24-2,25-3)19-10-6-8-17(12-19)14-28-15-21;1-16(23)22-18-7-6-8-20(13-18)31(26-4,27-5)29-30(24-2,25-3)19-11-9-17(10-12-19)14-28-15-21;1-19-24(20-2,15-9-5-13(17)6-10-15)23-25(21-3,22-4)16-11-7-14(18)8-12-16/h3*6-13,15,21H,14H2,1-5H3,(H,22,23);5-12H,17-18H2,1-4H3. The van der Waals surface area contributed by atoms with E-state index in [-0.39, 0.29) is 37.5 Å². The number of nitrogens with one attached hydrogen (secondary N) is 6. The van der Waals surface area contributed by atoms with Crippen LogP contribution in [0.15, 0.2) is 194 Å². The Morgan fingerprint density at radius 1 is 0.271 bits per heavy atom. The molecule has 0 atom stereocenters. The van der Waals surface area contributed by atoms with Crippen LogP contribution in [-0.2, 0) is 136 Å². The highest BCUT2D eigenvalue weighted by atomic mass is 28.5. The molecule has 42 heteroatoms. The molecule has 0 heterocycles. The zero-order chi connectivity index (χ0) is 87.2. The lowest BCUT2D eigenvalue weighted by atomic mass is 10.2. The topological polar surface area (TPSA) is 423 Å². The van der Waals surface area contributed by atoms with Gasteiger partial charge in [-0.3, -0.25) is 30.6 Å². The van der Waals surface area contributed by atoms with Crippen molar-refractivity contribution in [2.24, 2.45) is 0 Å². The average Bonchev–Trinajstić information content (AvgIpc) is 0.786. The number of hydrogen-bond donors (Lipinski definition) is 8. The smallest absolute Gasteiger partial charge is 0.479 e. The van der Waals surface area contributed by atoms with Gasteiger partial charge in [-0.05, 0) is 83.4 Å². The van der Waals surface area contributed by atoms with Crippen LogP contribution in [0.25, 0.3) is 0 Å². The van der Waals surface area contributed by atoms with Crippen LogP contribution in [0.1, 0.15) is 37.5 Å². The molecule has 0 aliphatic rings. The Labute approximate surface area is 698 Å². The Morgan fingerprint density at radius 2 is 0.483 bits per heavy atom. The van der Waals surface area contributed by atoms with E-state index in [1.807, 2.05) is 109 Å². The molecule has 8 aromatic carbocycles. The Hall–Kier alpha value is -8.88. The minimum Gasteiger partial charge on any atom is -0.479 e. The third-order valence-electron chi connectivity index (χ3n) is 17.4. The van der Waals surface area contributed by atoms with E-state index in [9.17, 15) is 14.4 Å². The molecule has 0 saturated carbocycles. The molecule has 0 aliphatic carbocycles. The van der Waals surface area contributed by atoms with E-state index in [0.29, 0.717) is 54.4 Å². The molecule has 0 unspecified atom stereocenters. The van der Waals surface area contributed by atoms with Gasteiger partial charge in [0.15, 0.2) is 19.2 Å². The fraction of sp³-hybridized carbons (Fsp3) is 0.289. The summed E-state index contributed by atoms with van der Waals surface area (Å²) in [6, 6.07) is 57.8. The van der Waals surface area contributed by atoms with Gasteiger partial charge in [-0.2, -0.15) is 0 Å². The van der Waals surface area contributed by atoms with E-state index >= 15 is 0 Å². The zero-order valence-corrected chi connectivity index (χ0v) is 77.6. The molecule has 0 spiro atoms. The van der Waals surface area contributed by atoms with E-state index < -0.39 is 70.4 Å². The van der Waals surface area contributed by atoms with Gasteiger partial charge in [0.25, 0.3) is 0 Å². The van der Waals surface area contributed by atoms with E-state index in [0.717, 1.165) is 51.5 Å². The van der Waals surface area contributed by atoms with Gasteiger partial charge in [0.05, 0.1) is 0 Å². The number of amides is 3. The second kappa shape index (κ2) is 48.4. The first kappa shape index (κ1) is 99.7. The maximum absolute atomic E-state index is 11.5. The van der Waals surface area contributed by atoms with Crippen molar-refractivity contribution in [3.05, 3.63) is 211 Å². The van der Waals surface area contributed by atoms with Crippen molar-refractivity contribution in [2.75, 3.05) is 141 Å².